The third kappa shape index (κ3) is 3.69. The van der Waals surface area contributed by atoms with Crippen LogP contribution in [0.5, 0.6) is 0 Å². The van der Waals surface area contributed by atoms with Gasteiger partial charge in [-0.3, -0.25) is 0 Å². The third-order valence-corrected chi connectivity index (χ3v) is 3.39. The molecule has 1 fully saturated rings. The van der Waals surface area contributed by atoms with Crippen molar-refractivity contribution in [1.29, 1.82) is 0 Å². The van der Waals surface area contributed by atoms with Crippen LogP contribution in [0, 0.1) is 0 Å². The predicted octanol–water partition coefficient (Wildman–Crippen LogP) is 2.18. The highest BCUT2D eigenvalue weighted by molar-refractivity contribution is 5.09. The third-order valence-electron chi connectivity index (χ3n) is 3.39. The van der Waals surface area contributed by atoms with Crippen LogP contribution in [-0.2, 0) is 16.8 Å². The average molecular weight is 293 g/mol. The molecular formula is C12H18F3N3O2. The van der Waals surface area contributed by atoms with Crippen LogP contribution < -0.4 is 5.32 Å². The lowest BCUT2D eigenvalue weighted by Gasteiger charge is -2.22. The van der Waals surface area contributed by atoms with Crippen LogP contribution in [-0.4, -0.2) is 36.0 Å². The van der Waals surface area contributed by atoms with Crippen LogP contribution in [0.2, 0.25) is 0 Å². The van der Waals surface area contributed by atoms with Gasteiger partial charge in [-0.15, -0.1) is 0 Å². The molecule has 114 valence electrons. The van der Waals surface area contributed by atoms with Crippen molar-refractivity contribution in [2.24, 2.45) is 0 Å². The normalized spacial score (nSPS) is 23.4. The highest BCUT2D eigenvalue weighted by atomic mass is 19.4. The van der Waals surface area contributed by atoms with E-state index in [0.29, 0.717) is 5.89 Å². The fourth-order valence-corrected chi connectivity index (χ4v) is 2.51. The number of hydrogen-bond acceptors (Lipinski definition) is 5. The van der Waals surface area contributed by atoms with Gasteiger partial charge in [-0.05, 0) is 19.4 Å². The monoisotopic (exact) mass is 293 g/mol. The highest BCUT2D eigenvalue weighted by Crippen LogP contribution is 2.34. The predicted molar refractivity (Wildman–Crippen MR) is 64.1 cm³/mol. The van der Waals surface area contributed by atoms with Crippen molar-refractivity contribution in [3.05, 3.63) is 11.7 Å². The van der Waals surface area contributed by atoms with Crippen LogP contribution in [0.1, 0.15) is 37.9 Å². The van der Waals surface area contributed by atoms with E-state index in [4.69, 9.17) is 4.52 Å². The van der Waals surface area contributed by atoms with Crippen molar-refractivity contribution in [1.82, 2.24) is 15.5 Å². The molecule has 1 aliphatic heterocycles. The molecule has 0 bridgehead atoms. The Morgan fingerprint density at radius 2 is 2.25 bits per heavy atom. The molecule has 20 heavy (non-hydrogen) atoms. The molecule has 1 aromatic rings. The first-order valence-electron chi connectivity index (χ1n) is 6.63. The lowest BCUT2D eigenvalue weighted by Crippen LogP contribution is -2.29. The molecular weight excluding hydrogens is 275 g/mol. The van der Waals surface area contributed by atoms with Crippen LogP contribution >= 0.6 is 0 Å². The molecule has 1 saturated heterocycles. The van der Waals surface area contributed by atoms with Gasteiger partial charge in [-0.25, -0.2) is 0 Å². The molecule has 0 saturated carbocycles. The highest BCUT2D eigenvalue weighted by Gasteiger charge is 2.40. The van der Waals surface area contributed by atoms with Gasteiger partial charge in [0.25, 0.3) is 0 Å². The fourth-order valence-electron chi connectivity index (χ4n) is 2.51. The van der Waals surface area contributed by atoms with Crippen molar-refractivity contribution >= 4 is 0 Å². The molecule has 5 nitrogen and oxygen atoms in total. The Morgan fingerprint density at radius 1 is 1.45 bits per heavy atom. The van der Waals surface area contributed by atoms with Gasteiger partial charge in [-0.2, -0.15) is 18.2 Å². The number of halogens is 3. The van der Waals surface area contributed by atoms with Crippen LogP contribution in [0.3, 0.4) is 0 Å². The number of aromatic nitrogens is 2. The van der Waals surface area contributed by atoms with Gasteiger partial charge >= 0.3 is 6.18 Å². The minimum atomic E-state index is -4.34. The van der Waals surface area contributed by atoms with Gasteiger partial charge in [0, 0.05) is 6.54 Å². The summed E-state index contributed by atoms with van der Waals surface area (Å²) in [6.07, 6.45) is -1.56. The Balaban J connectivity index is 1.97. The largest absolute Gasteiger partial charge is 0.411 e. The molecule has 0 aromatic carbocycles. The Hall–Kier alpha value is -1.15. The van der Waals surface area contributed by atoms with Crippen LogP contribution in [0.15, 0.2) is 4.52 Å². The molecule has 1 unspecified atom stereocenters. The minimum absolute atomic E-state index is 0.159. The average Bonchev–Trinajstić information content (AvgIpc) is 2.97. The summed E-state index contributed by atoms with van der Waals surface area (Å²) in [6, 6.07) is 0. The summed E-state index contributed by atoms with van der Waals surface area (Å²) < 4.78 is 45.7. The zero-order valence-corrected chi connectivity index (χ0v) is 11.3. The van der Waals surface area contributed by atoms with Crippen molar-refractivity contribution in [2.45, 2.75) is 44.4 Å². The van der Waals surface area contributed by atoms with Gasteiger partial charge in [0.2, 0.25) is 5.89 Å². The van der Waals surface area contributed by atoms with Gasteiger partial charge in [-0.1, -0.05) is 18.5 Å². The summed E-state index contributed by atoms with van der Waals surface area (Å²) in [5, 5.41) is 6.96. The molecule has 0 aliphatic carbocycles. The van der Waals surface area contributed by atoms with E-state index in [1.807, 2.05) is 0 Å². The lowest BCUT2D eigenvalue weighted by atomic mass is 9.82. The van der Waals surface area contributed by atoms with E-state index in [2.05, 4.69) is 27.1 Å². The summed E-state index contributed by atoms with van der Waals surface area (Å²) in [5.74, 6) is 0.654. The van der Waals surface area contributed by atoms with Crippen LogP contribution in [0.25, 0.3) is 0 Å². The van der Waals surface area contributed by atoms with E-state index in [0.717, 1.165) is 32.4 Å². The maximum Gasteiger partial charge on any atom is 0.411 e. The Kier molecular flexibility index (Phi) is 4.64. The Labute approximate surface area is 114 Å². The van der Waals surface area contributed by atoms with Crippen molar-refractivity contribution in [3.8, 4) is 0 Å². The van der Waals surface area contributed by atoms with Crippen molar-refractivity contribution < 1.29 is 22.4 Å². The maximum absolute atomic E-state index is 12.0. The van der Waals surface area contributed by atoms with E-state index >= 15 is 0 Å². The second kappa shape index (κ2) is 6.09. The van der Waals surface area contributed by atoms with Crippen molar-refractivity contribution in [3.63, 3.8) is 0 Å². The quantitative estimate of drug-likeness (QED) is 0.871. The number of nitrogens with one attached hydrogen (secondary N) is 1. The van der Waals surface area contributed by atoms with E-state index in [1.54, 1.807) is 0 Å². The lowest BCUT2D eigenvalue weighted by molar-refractivity contribution is -0.177. The number of ether oxygens (including phenoxy) is 1. The maximum atomic E-state index is 12.0. The van der Waals surface area contributed by atoms with Gasteiger partial charge < -0.3 is 14.6 Å². The van der Waals surface area contributed by atoms with E-state index in [9.17, 15) is 13.2 Å². The molecule has 8 heteroatoms. The second-order valence-corrected chi connectivity index (χ2v) is 5.08. The topological polar surface area (TPSA) is 60.2 Å². The second-order valence-electron chi connectivity index (χ2n) is 5.08. The molecule has 1 aromatic heterocycles. The molecule has 1 atom stereocenters. The molecule has 2 rings (SSSR count). The van der Waals surface area contributed by atoms with E-state index in [1.165, 1.54) is 0 Å². The molecule has 1 aliphatic rings. The number of hydrogen-bond donors (Lipinski definition) is 1. The minimum Gasteiger partial charge on any atom is -0.364 e. The summed E-state index contributed by atoms with van der Waals surface area (Å²) >= 11 is 0. The summed E-state index contributed by atoms with van der Waals surface area (Å²) in [6.45, 7) is 2.11. The summed E-state index contributed by atoms with van der Waals surface area (Å²) in [5.41, 5.74) is -0.190. The molecule has 0 spiro atoms. The standard InChI is InChI=1S/C12H18F3N3O2/c1-2-3-11(4-5-16-7-11)10-17-9(18-20-10)6-19-8-12(13,14)15/h16H,2-8H2,1H3. The smallest absolute Gasteiger partial charge is 0.364 e. The number of nitrogens with zero attached hydrogens (tertiary/aromatic N) is 2. The number of rotatable bonds is 6. The van der Waals surface area contributed by atoms with Gasteiger partial charge in [0.15, 0.2) is 5.82 Å². The zero-order chi connectivity index (χ0) is 14.6. The van der Waals surface area contributed by atoms with E-state index in [-0.39, 0.29) is 17.8 Å². The zero-order valence-electron chi connectivity index (χ0n) is 11.3. The first kappa shape index (κ1) is 15.2. The fraction of sp³-hybridized carbons (Fsp3) is 0.833. The Morgan fingerprint density at radius 3 is 2.85 bits per heavy atom. The summed E-state index contributed by atoms with van der Waals surface area (Å²) in [7, 11) is 0. The van der Waals surface area contributed by atoms with Gasteiger partial charge in [0.1, 0.15) is 13.2 Å². The molecule has 2 heterocycles. The first-order valence-corrected chi connectivity index (χ1v) is 6.63. The SMILES string of the molecule is CCCC1(c2nc(COCC(F)(F)F)no2)CCNC1. The molecule has 1 N–H and O–H groups in total. The van der Waals surface area contributed by atoms with Gasteiger partial charge in [0.05, 0.1) is 5.41 Å². The number of alkyl halides is 3. The van der Waals surface area contributed by atoms with Crippen LogP contribution in [0.4, 0.5) is 13.2 Å². The molecule has 0 radical (unpaired) electrons. The first-order chi connectivity index (χ1) is 9.45. The summed E-state index contributed by atoms with van der Waals surface area (Å²) in [4.78, 5) is 4.19. The molecule has 0 amide bonds. The van der Waals surface area contributed by atoms with Crippen molar-refractivity contribution in [2.75, 3.05) is 19.7 Å². The Bertz CT molecular complexity index is 428. The van der Waals surface area contributed by atoms with E-state index < -0.39 is 12.8 Å².